The predicted octanol–water partition coefficient (Wildman–Crippen LogP) is 0.547. The van der Waals surface area contributed by atoms with Gasteiger partial charge in [0.05, 0.1) is 12.5 Å². The molecule has 42 valence electrons. The van der Waals surface area contributed by atoms with Crippen molar-refractivity contribution in [3.8, 4) is 12.1 Å². The lowest BCUT2D eigenvalue weighted by Gasteiger charge is -2.03. The second-order valence-corrected chi connectivity index (χ2v) is 2.99. The maximum atomic E-state index is 8.73. The van der Waals surface area contributed by atoms with E-state index in [1.54, 1.807) is 12.1 Å². The van der Waals surface area contributed by atoms with Gasteiger partial charge in [0.2, 0.25) is 3.61 Å². The lowest BCUT2D eigenvalue weighted by molar-refractivity contribution is 0.218. The number of hydrogen-bond donors (Lipinski definition) is 1. The molecule has 0 saturated heterocycles. The van der Waals surface area contributed by atoms with Gasteiger partial charge in [0.1, 0.15) is 6.07 Å². The molecule has 0 amide bonds. The van der Waals surface area contributed by atoms with Crippen LogP contribution in [0.5, 0.6) is 0 Å². The highest BCUT2D eigenvalue weighted by atomic mass is 127. The zero-order chi connectivity index (χ0) is 6.62. The molecule has 1 unspecified atom stereocenters. The van der Waals surface area contributed by atoms with Crippen LogP contribution in [0.2, 0.25) is 0 Å². The number of nitriles is 2. The van der Waals surface area contributed by atoms with Crippen molar-refractivity contribution in [1.82, 2.24) is 0 Å². The second kappa shape index (κ2) is 2.85. The lowest BCUT2D eigenvalue weighted by atomic mass is 10.3. The smallest absolute Gasteiger partial charge is 0.215 e. The summed E-state index contributed by atoms with van der Waals surface area (Å²) in [6.07, 6.45) is -0.149. The van der Waals surface area contributed by atoms with E-state index < -0.39 is 3.61 Å². The van der Waals surface area contributed by atoms with Gasteiger partial charge in [-0.05, 0) is 22.6 Å². The van der Waals surface area contributed by atoms with Gasteiger partial charge in [-0.2, -0.15) is 10.5 Å². The third-order valence-electron chi connectivity index (χ3n) is 0.485. The molecular weight excluding hydrogens is 219 g/mol. The van der Waals surface area contributed by atoms with Crippen LogP contribution in [-0.4, -0.2) is 8.71 Å². The van der Waals surface area contributed by atoms with Crippen LogP contribution in [-0.2, 0) is 0 Å². The van der Waals surface area contributed by atoms with Gasteiger partial charge in [0.15, 0.2) is 0 Å². The number of hydrogen-bond acceptors (Lipinski definition) is 3. The highest BCUT2D eigenvalue weighted by Gasteiger charge is 2.20. The number of rotatable bonds is 1. The molecule has 0 aromatic heterocycles. The van der Waals surface area contributed by atoms with Gasteiger partial charge in [0.25, 0.3) is 0 Å². The SMILES string of the molecule is N#CCC(O)(I)C#N. The van der Waals surface area contributed by atoms with Crippen LogP contribution >= 0.6 is 22.6 Å². The van der Waals surface area contributed by atoms with Gasteiger partial charge < -0.3 is 5.11 Å². The van der Waals surface area contributed by atoms with E-state index in [1.807, 2.05) is 0 Å². The number of aliphatic hydroxyl groups is 1. The van der Waals surface area contributed by atoms with Crippen molar-refractivity contribution >= 4 is 22.6 Å². The largest absolute Gasteiger partial charge is 0.367 e. The summed E-state index contributed by atoms with van der Waals surface area (Å²) >= 11 is 1.51. The Morgan fingerprint density at radius 1 is 1.62 bits per heavy atom. The minimum atomic E-state index is -1.49. The van der Waals surface area contributed by atoms with Crippen LogP contribution in [0.15, 0.2) is 0 Å². The van der Waals surface area contributed by atoms with Gasteiger partial charge in [-0.25, -0.2) is 0 Å². The molecule has 0 spiro atoms. The number of halogens is 1. The van der Waals surface area contributed by atoms with Gasteiger partial charge in [0, 0.05) is 0 Å². The van der Waals surface area contributed by atoms with Crippen molar-refractivity contribution in [2.45, 2.75) is 10.0 Å². The minimum Gasteiger partial charge on any atom is -0.367 e. The quantitative estimate of drug-likeness (QED) is 0.400. The summed E-state index contributed by atoms with van der Waals surface area (Å²) in [5, 5.41) is 24.8. The van der Waals surface area contributed by atoms with E-state index in [0.717, 1.165) is 0 Å². The van der Waals surface area contributed by atoms with E-state index in [2.05, 4.69) is 0 Å². The molecule has 1 atom stereocenters. The molecule has 0 fully saturated rings. The first-order chi connectivity index (χ1) is 3.62. The third-order valence-corrected chi connectivity index (χ3v) is 1.11. The Kier molecular flexibility index (Phi) is 2.74. The Hall–Kier alpha value is -0.330. The zero-order valence-electron chi connectivity index (χ0n) is 3.93. The standard InChI is InChI=1S/C4H3IN2O/c5-4(8,3-7)1-2-6/h8H,1H2. The fourth-order valence-electron chi connectivity index (χ4n) is 0.144. The Labute approximate surface area is 60.7 Å². The molecule has 0 bridgehead atoms. The first-order valence-corrected chi connectivity index (χ1v) is 2.90. The van der Waals surface area contributed by atoms with Crippen molar-refractivity contribution in [3.05, 3.63) is 0 Å². The average molecular weight is 222 g/mol. The van der Waals surface area contributed by atoms with Gasteiger partial charge in [-0.15, -0.1) is 0 Å². The molecular formula is C4H3IN2O. The molecule has 0 rings (SSSR count). The third kappa shape index (κ3) is 2.78. The Morgan fingerprint density at radius 2 is 2.12 bits per heavy atom. The normalized spacial score (nSPS) is 15.5. The van der Waals surface area contributed by atoms with Crippen molar-refractivity contribution in [2.24, 2.45) is 0 Å². The van der Waals surface area contributed by atoms with Crippen molar-refractivity contribution in [1.29, 1.82) is 10.5 Å². The van der Waals surface area contributed by atoms with E-state index in [4.69, 9.17) is 15.6 Å². The summed E-state index contributed by atoms with van der Waals surface area (Å²) < 4.78 is -1.49. The van der Waals surface area contributed by atoms with E-state index in [1.165, 1.54) is 22.6 Å². The van der Waals surface area contributed by atoms with Crippen LogP contribution in [0.3, 0.4) is 0 Å². The molecule has 4 heteroatoms. The average Bonchev–Trinajstić information content (AvgIpc) is 1.67. The lowest BCUT2D eigenvalue weighted by Crippen LogP contribution is -2.14. The van der Waals surface area contributed by atoms with Crippen LogP contribution in [0.1, 0.15) is 6.42 Å². The topological polar surface area (TPSA) is 67.8 Å². The molecule has 0 aliphatic heterocycles. The highest BCUT2D eigenvalue weighted by molar-refractivity contribution is 14.1. The van der Waals surface area contributed by atoms with Crippen molar-refractivity contribution in [2.75, 3.05) is 0 Å². The molecule has 0 aliphatic carbocycles. The molecule has 1 N–H and O–H groups in total. The molecule has 0 aromatic carbocycles. The molecule has 3 nitrogen and oxygen atoms in total. The van der Waals surface area contributed by atoms with E-state index >= 15 is 0 Å². The van der Waals surface area contributed by atoms with Crippen molar-refractivity contribution in [3.63, 3.8) is 0 Å². The maximum absolute atomic E-state index is 8.73. The zero-order valence-corrected chi connectivity index (χ0v) is 6.08. The summed E-state index contributed by atoms with van der Waals surface area (Å²) in [4.78, 5) is 0. The van der Waals surface area contributed by atoms with E-state index in [0.29, 0.717) is 0 Å². The first-order valence-electron chi connectivity index (χ1n) is 1.82. The first kappa shape index (κ1) is 7.67. The summed E-state index contributed by atoms with van der Waals surface area (Å²) in [5.74, 6) is 0. The monoisotopic (exact) mass is 222 g/mol. The van der Waals surface area contributed by atoms with Crippen LogP contribution in [0, 0.1) is 22.7 Å². The van der Waals surface area contributed by atoms with Crippen LogP contribution < -0.4 is 0 Å². The Bertz CT molecular complexity index is 152. The number of nitrogens with zero attached hydrogens (tertiary/aromatic N) is 2. The molecule has 0 aliphatic rings. The predicted molar refractivity (Wildman–Crippen MR) is 34.8 cm³/mol. The molecule has 0 saturated carbocycles. The van der Waals surface area contributed by atoms with E-state index in [-0.39, 0.29) is 6.42 Å². The van der Waals surface area contributed by atoms with Crippen LogP contribution in [0.25, 0.3) is 0 Å². The summed E-state index contributed by atoms with van der Waals surface area (Å²) in [5.41, 5.74) is 0. The van der Waals surface area contributed by atoms with Crippen molar-refractivity contribution < 1.29 is 5.11 Å². The molecule has 0 heterocycles. The van der Waals surface area contributed by atoms with Gasteiger partial charge >= 0.3 is 0 Å². The van der Waals surface area contributed by atoms with Gasteiger partial charge in [-0.1, -0.05) is 0 Å². The van der Waals surface area contributed by atoms with Crippen LogP contribution in [0.4, 0.5) is 0 Å². The summed E-state index contributed by atoms with van der Waals surface area (Å²) in [6, 6.07) is 3.24. The highest BCUT2D eigenvalue weighted by Crippen LogP contribution is 2.16. The molecule has 0 radical (unpaired) electrons. The maximum Gasteiger partial charge on any atom is 0.215 e. The Balaban J connectivity index is 3.82. The van der Waals surface area contributed by atoms with E-state index in [9.17, 15) is 0 Å². The molecule has 8 heavy (non-hydrogen) atoms. The fourth-order valence-corrected chi connectivity index (χ4v) is 0.315. The number of alkyl halides is 1. The second-order valence-electron chi connectivity index (χ2n) is 1.21. The summed E-state index contributed by atoms with van der Waals surface area (Å²) in [7, 11) is 0. The summed E-state index contributed by atoms with van der Waals surface area (Å²) in [6.45, 7) is 0. The van der Waals surface area contributed by atoms with Gasteiger partial charge in [-0.3, -0.25) is 0 Å². The minimum absolute atomic E-state index is 0.149. The molecule has 0 aromatic rings. The Morgan fingerprint density at radius 3 is 2.25 bits per heavy atom. The fraction of sp³-hybridized carbons (Fsp3) is 0.500.